The Kier molecular flexibility index (Phi) is 1.66. The Morgan fingerprint density at radius 3 is 3.45 bits per heavy atom. The normalized spacial score (nSPS) is 23.2. The van der Waals surface area contributed by atoms with Crippen LogP contribution in [-0.4, -0.2) is 23.3 Å². The van der Waals surface area contributed by atoms with Gasteiger partial charge in [-0.3, -0.25) is 5.10 Å². The van der Waals surface area contributed by atoms with Crippen molar-refractivity contribution >= 4 is 0 Å². The zero-order valence-corrected chi connectivity index (χ0v) is 6.72. The number of rotatable bonds is 1. The average Bonchev–Trinajstić information content (AvgIpc) is 2.50. The third kappa shape index (κ3) is 1.16. The number of likely N-dealkylation sites (N-methyl/N-ethyl adjacent to an activating group) is 1. The van der Waals surface area contributed by atoms with E-state index in [0.29, 0.717) is 6.04 Å². The van der Waals surface area contributed by atoms with Gasteiger partial charge >= 0.3 is 0 Å². The van der Waals surface area contributed by atoms with Crippen molar-refractivity contribution in [1.82, 2.24) is 15.5 Å². The summed E-state index contributed by atoms with van der Waals surface area (Å²) >= 11 is 0. The molecule has 3 heteroatoms. The predicted octanol–water partition coefficient (Wildman–Crippen LogP) is 0.486. The summed E-state index contributed by atoms with van der Waals surface area (Å²) in [7, 11) is 2.02. The van der Waals surface area contributed by atoms with E-state index in [0.717, 1.165) is 12.8 Å². The van der Waals surface area contributed by atoms with Gasteiger partial charge in [0.25, 0.3) is 0 Å². The van der Waals surface area contributed by atoms with Crippen molar-refractivity contribution in [3.8, 4) is 0 Å². The predicted molar refractivity (Wildman–Crippen MR) is 43.5 cm³/mol. The molecule has 1 heterocycles. The Morgan fingerprint density at radius 2 is 2.64 bits per heavy atom. The molecule has 1 aliphatic rings. The van der Waals surface area contributed by atoms with E-state index in [1.807, 2.05) is 13.2 Å². The third-order valence-electron chi connectivity index (χ3n) is 2.43. The zero-order valence-electron chi connectivity index (χ0n) is 6.72. The molecule has 0 spiro atoms. The fourth-order valence-corrected chi connectivity index (χ4v) is 1.65. The molecule has 0 aromatic carbocycles. The molecule has 0 amide bonds. The van der Waals surface area contributed by atoms with E-state index in [4.69, 9.17) is 0 Å². The molecule has 0 radical (unpaired) electrons. The van der Waals surface area contributed by atoms with Crippen LogP contribution in [0.2, 0.25) is 0 Å². The second-order valence-corrected chi connectivity index (χ2v) is 3.10. The van der Waals surface area contributed by atoms with Crippen molar-refractivity contribution in [2.45, 2.75) is 25.3 Å². The van der Waals surface area contributed by atoms with Crippen molar-refractivity contribution in [2.24, 2.45) is 0 Å². The SMILES string of the molecule is CNC1CCc2cn[nH]c2C1. The maximum atomic E-state index is 4.02. The lowest BCUT2D eigenvalue weighted by atomic mass is 9.94. The Balaban J connectivity index is 2.18. The first-order chi connectivity index (χ1) is 5.40. The number of aryl methyl sites for hydroxylation is 1. The third-order valence-corrected chi connectivity index (χ3v) is 2.43. The van der Waals surface area contributed by atoms with E-state index in [-0.39, 0.29) is 0 Å². The molecule has 2 rings (SSSR count). The lowest BCUT2D eigenvalue weighted by Crippen LogP contribution is -2.31. The first-order valence-corrected chi connectivity index (χ1v) is 4.08. The topological polar surface area (TPSA) is 40.7 Å². The standard InChI is InChI=1S/C8H13N3/c1-9-7-3-2-6-5-10-11-8(6)4-7/h5,7,9H,2-4H2,1H3,(H,10,11). The molecule has 0 bridgehead atoms. The number of H-pyrrole nitrogens is 1. The summed E-state index contributed by atoms with van der Waals surface area (Å²) < 4.78 is 0. The molecule has 1 aromatic heterocycles. The van der Waals surface area contributed by atoms with Crippen LogP contribution in [0.1, 0.15) is 17.7 Å². The van der Waals surface area contributed by atoms with Crippen LogP contribution in [-0.2, 0) is 12.8 Å². The van der Waals surface area contributed by atoms with Crippen LogP contribution in [0, 0.1) is 0 Å². The van der Waals surface area contributed by atoms with E-state index in [1.54, 1.807) is 0 Å². The van der Waals surface area contributed by atoms with Crippen LogP contribution in [0.4, 0.5) is 0 Å². The fourth-order valence-electron chi connectivity index (χ4n) is 1.65. The van der Waals surface area contributed by atoms with Crippen molar-refractivity contribution < 1.29 is 0 Å². The summed E-state index contributed by atoms with van der Waals surface area (Å²) in [6, 6.07) is 0.642. The van der Waals surface area contributed by atoms with Gasteiger partial charge in [-0.2, -0.15) is 5.10 Å². The number of hydrogen-bond donors (Lipinski definition) is 2. The van der Waals surface area contributed by atoms with Gasteiger partial charge < -0.3 is 5.32 Å². The maximum Gasteiger partial charge on any atom is 0.0522 e. The Morgan fingerprint density at radius 1 is 1.73 bits per heavy atom. The van der Waals surface area contributed by atoms with Gasteiger partial charge in [0.2, 0.25) is 0 Å². The molecule has 60 valence electrons. The molecule has 3 nitrogen and oxygen atoms in total. The van der Waals surface area contributed by atoms with Gasteiger partial charge in [0.05, 0.1) is 6.20 Å². The van der Waals surface area contributed by atoms with Crippen molar-refractivity contribution in [3.05, 3.63) is 17.5 Å². The highest BCUT2D eigenvalue weighted by molar-refractivity contribution is 5.20. The Hall–Kier alpha value is -0.830. The highest BCUT2D eigenvalue weighted by Crippen LogP contribution is 2.18. The molecule has 1 atom stereocenters. The van der Waals surface area contributed by atoms with Crippen LogP contribution < -0.4 is 5.32 Å². The quantitative estimate of drug-likeness (QED) is 0.613. The second-order valence-electron chi connectivity index (χ2n) is 3.10. The number of fused-ring (bicyclic) bond motifs is 1. The van der Waals surface area contributed by atoms with Crippen molar-refractivity contribution in [3.63, 3.8) is 0 Å². The monoisotopic (exact) mass is 151 g/mol. The summed E-state index contributed by atoms with van der Waals surface area (Å²) in [6.45, 7) is 0. The van der Waals surface area contributed by atoms with Crippen LogP contribution in [0.15, 0.2) is 6.20 Å². The molecular formula is C8H13N3. The summed E-state index contributed by atoms with van der Waals surface area (Å²) in [6.07, 6.45) is 5.45. The van der Waals surface area contributed by atoms with E-state index < -0.39 is 0 Å². The van der Waals surface area contributed by atoms with Gasteiger partial charge in [0.1, 0.15) is 0 Å². The maximum absolute atomic E-state index is 4.02. The molecule has 11 heavy (non-hydrogen) atoms. The van der Waals surface area contributed by atoms with Gasteiger partial charge in [-0.15, -0.1) is 0 Å². The lowest BCUT2D eigenvalue weighted by Gasteiger charge is -2.20. The van der Waals surface area contributed by atoms with Gasteiger partial charge in [0.15, 0.2) is 0 Å². The van der Waals surface area contributed by atoms with E-state index in [2.05, 4.69) is 15.5 Å². The van der Waals surface area contributed by atoms with Gasteiger partial charge in [-0.25, -0.2) is 0 Å². The van der Waals surface area contributed by atoms with Gasteiger partial charge in [-0.1, -0.05) is 0 Å². The smallest absolute Gasteiger partial charge is 0.0522 e. The minimum Gasteiger partial charge on any atom is -0.317 e. The number of nitrogens with one attached hydrogen (secondary N) is 2. The molecule has 1 unspecified atom stereocenters. The zero-order chi connectivity index (χ0) is 7.68. The molecule has 0 fully saturated rings. The first kappa shape index (κ1) is 6.85. The summed E-state index contributed by atoms with van der Waals surface area (Å²) in [4.78, 5) is 0. The summed E-state index contributed by atoms with van der Waals surface area (Å²) in [5.41, 5.74) is 2.71. The molecular weight excluding hydrogens is 138 g/mol. The minimum absolute atomic E-state index is 0.642. The Bertz CT molecular complexity index is 241. The lowest BCUT2D eigenvalue weighted by molar-refractivity contribution is 0.491. The first-order valence-electron chi connectivity index (χ1n) is 4.08. The minimum atomic E-state index is 0.642. The summed E-state index contributed by atoms with van der Waals surface area (Å²) in [5.74, 6) is 0. The number of aromatic nitrogens is 2. The fraction of sp³-hybridized carbons (Fsp3) is 0.625. The number of aromatic amines is 1. The van der Waals surface area contributed by atoms with Crippen LogP contribution >= 0.6 is 0 Å². The largest absolute Gasteiger partial charge is 0.317 e. The highest BCUT2D eigenvalue weighted by atomic mass is 15.1. The molecule has 1 aliphatic carbocycles. The average molecular weight is 151 g/mol. The molecule has 0 aliphatic heterocycles. The van der Waals surface area contributed by atoms with Crippen molar-refractivity contribution in [1.29, 1.82) is 0 Å². The van der Waals surface area contributed by atoms with E-state index >= 15 is 0 Å². The van der Waals surface area contributed by atoms with Crippen LogP contribution in [0.25, 0.3) is 0 Å². The van der Waals surface area contributed by atoms with Crippen LogP contribution in [0.5, 0.6) is 0 Å². The van der Waals surface area contributed by atoms with Crippen molar-refractivity contribution in [2.75, 3.05) is 7.05 Å². The molecule has 0 saturated heterocycles. The van der Waals surface area contributed by atoms with Crippen LogP contribution in [0.3, 0.4) is 0 Å². The van der Waals surface area contributed by atoms with Gasteiger partial charge in [0, 0.05) is 18.2 Å². The highest BCUT2D eigenvalue weighted by Gasteiger charge is 2.17. The molecule has 0 saturated carbocycles. The number of nitrogens with zero attached hydrogens (tertiary/aromatic N) is 1. The van der Waals surface area contributed by atoms with E-state index in [1.165, 1.54) is 17.7 Å². The number of hydrogen-bond acceptors (Lipinski definition) is 2. The molecule has 2 N–H and O–H groups in total. The summed E-state index contributed by atoms with van der Waals surface area (Å²) in [5, 5.41) is 10.3. The van der Waals surface area contributed by atoms with Gasteiger partial charge in [-0.05, 0) is 25.5 Å². The van der Waals surface area contributed by atoms with E-state index in [9.17, 15) is 0 Å². The Labute approximate surface area is 66.2 Å². The second kappa shape index (κ2) is 2.66. The molecule has 1 aromatic rings.